The van der Waals surface area contributed by atoms with Crippen molar-refractivity contribution in [2.24, 2.45) is 0 Å². The topological polar surface area (TPSA) is 49.6 Å². The average molecular weight is 360 g/mol. The first-order chi connectivity index (χ1) is 12.4. The zero-order valence-corrected chi connectivity index (χ0v) is 14.7. The lowest BCUT2D eigenvalue weighted by atomic mass is 10.0. The zero-order chi connectivity index (χ0) is 18.8. The third kappa shape index (κ3) is 3.67. The van der Waals surface area contributed by atoms with Crippen LogP contribution in [-0.2, 0) is 6.54 Å². The van der Waals surface area contributed by atoms with Gasteiger partial charge in [-0.1, -0.05) is 12.1 Å². The number of anilines is 1. The van der Waals surface area contributed by atoms with Gasteiger partial charge in [0.25, 0.3) is 5.69 Å². The number of piperazine rings is 1. The molecule has 1 aliphatic heterocycles. The van der Waals surface area contributed by atoms with E-state index in [0.29, 0.717) is 43.0 Å². The van der Waals surface area contributed by atoms with Crippen LogP contribution in [0.4, 0.5) is 20.2 Å². The van der Waals surface area contributed by atoms with E-state index in [-0.39, 0.29) is 17.5 Å². The smallest absolute Gasteiger partial charge is 0.275 e. The Morgan fingerprint density at radius 2 is 2.12 bits per heavy atom. The minimum absolute atomic E-state index is 0.0424. The predicted molar refractivity (Wildman–Crippen MR) is 95.1 cm³/mol. The molecular formula is C19H20F2N3O2. The molecule has 0 spiro atoms. The summed E-state index contributed by atoms with van der Waals surface area (Å²) in [6.07, 6.45) is 0. The third-order valence-electron chi connectivity index (χ3n) is 4.83. The van der Waals surface area contributed by atoms with Crippen LogP contribution in [0.3, 0.4) is 0 Å². The molecule has 1 aliphatic rings. The molecule has 2 aromatic rings. The van der Waals surface area contributed by atoms with Crippen LogP contribution in [-0.4, -0.2) is 35.5 Å². The normalized spacial score (nSPS) is 18.2. The summed E-state index contributed by atoms with van der Waals surface area (Å²) in [5.41, 5.74) is 1.34. The lowest BCUT2D eigenvalue weighted by Crippen LogP contribution is -2.52. The third-order valence-corrected chi connectivity index (χ3v) is 4.83. The first-order valence-corrected chi connectivity index (χ1v) is 8.45. The summed E-state index contributed by atoms with van der Waals surface area (Å²) in [4.78, 5) is 14.6. The number of nitro groups is 1. The van der Waals surface area contributed by atoms with Gasteiger partial charge in [-0.3, -0.25) is 15.0 Å². The number of hydrogen-bond donors (Lipinski definition) is 0. The highest BCUT2D eigenvalue weighted by molar-refractivity contribution is 5.48. The highest BCUT2D eigenvalue weighted by Gasteiger charge is 2.27. The molecule has 7 heteroatoms. The van der Waals surface area contributed by atoms with Crippen molar-refractivity contribution in [3.05, 3.63) is 69.3 Å². The van der Waals surface area contributed by atoms with Gasteiger partial charge in [-0.05, 0) is 31.5 Å². The Morgan fingerprint density at radius 3 is 2.77 bits per heavy atom. The first kappa shape index (κ1) is 18.3. The van der Waals surface area contributed by atoms with E-state index in [1.165, 1.54) is 12.1 Å². The van der Waals surface area contributed by atoms with Crippen LogP contribution in [0, 0.1) is 34.7 Å². The second-order valence-corrected chi connectivity index (χ2v) is 6.61. The number of nitro benzene ring substituents is 1. The first-order valence-electron chi connectivity index (χ1n) is 8.45. The van der Waals surface area contributed by atoms with E-state index in [1.54, 1.807) is 19.1 Å². The SMILES string of the molecule is Cc1c(CN2CCN(c3[c]cccc3F)[C@@H](C)C2)cc(F)cc1[N+](=O)[O-]. The van der Waals surface area contributed by atoms with E-state index in [2.05, 4.69) is 11.0 Å². The minimum Gasteiger partial charge on any atom is -0.363 e. The number of rotatable bonds is 4. The summed E-state index contributed by atoms with van der Waals surface area (Å²) in [5.74, 6) is -0.908. The van der Waals surface area contributed by atoms with Crippen molar-refractivity contribution in [3.8, 4) is 0 Å². The predicted octanol–water partition coefficient (Wildman–Crippen LogP) is 3.69. The molecule has 0 amide bonds. The number of para-hydroxylation sites is 1. The molecule has 3 rings (SSSR count). The summed E-state index contributed by atoms with van der Waals surface area (Å²) in [6.45, 7) is 5.95. The molecular weight excluding hydrogens is 340 g/mol. The maximum absolute atomic E-state index is 14.0. The van der Waals surface area contributed by atoms with Crippen molar-refractivity contribution in [2.45, 2.75) is 26.4 Å². The van der Waals surface area contributed by atoms with Gasteiger partial charge in [-0.2, -0.15) is 0 Å². The lowest BCUT2D eigenvalue weighted by Gasteiger charge is -2.41. The molecule has 0 aromatic heterocycles. The molecule has 0 aliphatic carbocycles. The highest BCUT2D eigenvalue weighted by atomic mass is 19.1. The van der Waals surface area contributed by atoms with Crippen LogP contribution in [0.5, 0.6) is 0 Å². The van der Waals surface area contributed by atoms with Crippen molar-refractivity contribution in [1.29, 1.82) is 0 Å². The monoisotopic (exact) mass is 360 g/mol. The Morgan fingerprint density at radius 1 is 1.35 bits per heavy atom. The highest BCUT2D eigenvalue weighted by Crippen LogP contribution is 2.27. The van der Waals surface area contributed by atoms with E-state index in [4.69, 9.17) is 0 Å². The molecule has 0 bridgehead atoms. The van der Waals surface area contributed by atoms with E-state index < -0.39 is 10.7 Å². The number of nitrogens with zero attached hydrogens (tertiary/aromatic N) is 3. The lowest BCUT2D eigenvalue weighted by molar-refractivity contribution is -0.385. The Balaban J connectivity index is 1.75. The number of halogens is 2. The summed E-state index contributed by atoms with van der Waals surface area (Å²) in [7, 11) is 0. The minimum atomic E-state index is -0.607. The van der Waals surface area contributed by atoms with Crippen LogP contribution in [0.2, 0.25) is 0 Å². The summed E-state index contributed by atoms with van der Waals surface area (Å²) >= 11 is 0. The molecule has 1 saturated heterocycles. The van der Waals surface area contributed by atoms with Crippen LogP contribution in [0.25, 0.3) is 0 Å². The van der Waals surface area contributed by atoms with E-state index in [9.17, 15) is 18.9 Å². The zero-order valence-electron chi connectivity index (χ0n) is 14.7. The van der Waals surface area contributed by atoms with E-state index in [0.717, 1.165) is 6.07 Å². The van der Waals surface area contributed by atoms with E-state index >= 15 is 0 Å². The second-order valence-electron chi connectivity index (χ2n) is 6.61. The van der Waals surface area contributed by atoms with Gasteiger partial charge in [0, 0.05) is 43.9 Å². The maximum Gasteiger partial charge on any atom is 0.275 e. The molecule has 137 valence electrons. The molecule has 1 atom stereocenters. The van der Waals surface area contributed by atoms with Crippen LogP contribution in [0.1, 0.15) is 18.1 Å². The Bertz CT molecular complexity index is 828. The van der Waals surface area contributed by atoms with Gasteiger partial charge >= 0.3 is 0 Å². The molecule has 5 nitrogen and oxygen atoms in total. The molecule has 1 heterocycles. The van der Waals surface area contributed by atoms with Crippen LogP contribution in [0.15, 0.2) is 30.3 Å². The Hall–Kier alpha value is -2.54. The van der Waals surface area contributed by atoms with Crippen molar-refractivity contribution in [2.75, 3.05) is 24.5 Å². The fourth-order valence-corrected chi connectivity index (χ4v) is 3.45. The molecule has 0 unspecified atom stereocenters. The van der Waals surface area contributed by atoms with Crippen molar-refractivity contribution in [3.63, 3.8) is 0 Å². The average Bonchev–Trinajstić information content (AvgIpc) is 2.58. The largest absolute Gasteiger partial charge is 0.363 e. The van der Waals surface area contributed by atoms with Crippen molar-refractivity contribution in [1.82, 2.24) is 4.90 Å². The summed E-state index contributed by atoms with van der Waals surface area (Å²) in [5, 5.41) is 11.1. The maximum atomic E-state index is 14.0. The number of hydrogen-bond acceptors (Lipinski definition) is 4. The van der Waals surface area contributed by atoms with Gasteiger partial charge < -0.3 is 4.90 Å². The molecule has 26 heavy (non-hydrogen) atoms. The molecule has 0 saturated carbocycles. The van der Waals surface area contributed by atoms with Gasteiger partial charge in [-0.25, -0.2) is 8.78 Å². The second kappa shape index (κ2) is 7.37. The van der Waals surface area contributed by atoms with Gasteiger partial charge in [0.15, 0.2) is 0 Å². The van der Waals surface area contributed by atoms with E-state index in [1.807, 2.05) is 11.8 Å². The van der Waals surface area contributed by atoms with Crippen LogP contribution < -0.4 is 4.90 Å². The van der Waals surface area contributed by atoms with Gasteiger partial charge in [0.1, 0.15) is 11.6 Å². The molecule has 0 N–H and O–H groups in total. The van der Waals surface area contributed by atoms with Crippen molar-refractivity contribution >= 4 is 11.4 Å². The standard InChI is InChI=1S/C19H20F2N3O2/c1-13-11-22(7-8-23(13)18-6-4-3-5-17(18)21)12-15-9-16(20)10-19(14(15)2)24(25)26/h3-5,9-10,13H,7-8,11-12H2,1-2H3/t13-/m0/s1. The Kier molecular flexibility index (Phi) is 5.18. The van der Waals surface area contributed by atoms with Crippen molar-refractivity contribution < 1.29 is 13.7 Å². The molecule has 1 radical (unpaired) electrons. The quantitative estimate of drug-likeness (QED) is 0.616. The van der Waals surface area contributed by atoms with Gasteiger partial charge in [-0.15, -0.1) is 0 Å². The molecule has 2 aromatic carbocycles. The van der Waals surface area contributed by atoms with Gasteiger partial charge in [0.05, 0.1) is 16.7 Å². The fraction of sp³-hybridized carbons (Fsp3) is 0.368. The van der Waals surface area contributed by atoms with Crippen LogP contribution >= 0.6 is 0 Å². The van der Waals surface area contributed by atoms with Gasteiger partial charge in [0.2, 0.25) is 0 Å². The Labute approximate surface area is 151 Å². The molecule has 1 fully saturated rings. The summed E-state index contributed by atoms with van der Waals surface area (Å²) in [6, 6.07) is 10.0. The summed E-state index contributed by atoms with van der Waals surface area (Å²) < 4.78 is 27.8. The fourth-order valence-electron chi connectivity index (χ4n) is 3.45. The number of benzene rings is 2.